The summed E-state index contributed by atoms with van der Waals surface area (Å²) in [4.78, 5) is 16.1. The molecule has 9 nitrogen and oxygen atoms in total. The van der Waals surface area contributed by atoms with Crippen LogP contribution in [0.1, 0.15) is 16.8 Å². The lowest BCUT2D eigenvalue weighted by Crippen LogP contribution is -2.61. The Bertz CT molecular complexity index is 1010. The quantitative estimate of drug-likeness (QED) is 0.235. The van der Waals surface area contributed by atoms with Crippen molar-refractivity contribution in [3.63, 3.8) is 0 Å². The van der Waals surface area contributed by atoms with Crippen molar-refractivity contribution in [3.8, 4) is 0 Å². The fourth-order valence-electron chi connectivity index (χ4n) is 2.91. The van der Waals surface area contributed by atoms with Crippen molar-refractivity contribution in [3.05, 3.63) is 76.8 Å². The SMILES string of the molecule is Nc1nc(CC(=O)Nc2ccc(C(O)(O)C(O)(O)NCCc3ccccc3)cc2)cs1. The molecule has 0 fully saturated rings. The van der Waals surface area contributed by atoms with Gasteiger partial charge in [0.15, 0.2) is 5.13 Å². The summed E-state index contributed by atoms with van der Waals surface area (Å²) < 4.78 is 0. The van der Waals surface area contributed by atoms with Gasteiger partial charge in [0.1, 0.15) is 0 Å². The topological polar surface area (TPSA) is 161 Å². The van der Waals surface area contributed by atoms with Gasteiger partial charge in [-0.3, -0.25) is 10.1 Å². The molecule has 1 aromatic heterocycles. The molecule has 0 aliphatic rings. The molecule has 0 unspecified atom stereocenters. The van der Waals surface area contributed by atoms with Crippen molar-refractivity contribution >= 4 is 28.1 Å². The molecule has 0 saturated heterocycles. The van der Waals surface area contributed by atoms with Crippen molar-refractivity contribution in [2.24, 2.45) is 0 Å². The molecule has 0 atom stereocenters. The van der Waals surface area contributed by atoms with E-state index in [-0.39, 0.29) is 24.4 Å². The molecule has 0 saturated carbocycles. The van der Waals surface area contributed by atoms with Crippen molar-refractivity contribution < 1.29 is 25.2 Å². The number of nitrogen functional groups attached to an aromatic ring is 1. The predicted octanol–water partition coefficient (Wildman–Crippen LogP) is 0.515. The summed E-state index contributed by atoms with van der Waals surface area (Å²) in [6.45, 7) is 0.0924. The number of aromatic nitrogens is 1. The van der Waals surface area contributed by atoms with Crippen LogP contribution < -0.4 is 16.4 Å². The van der Waals surface area contributed by atoms with Crippen LogP contribution in [0.25, 0.3) is 0 Å². The molecule has 2 aromatic carbocycles. The number of hydrogen-bond acceptors (Lipinski definition) is 9. The summed E-state index contributed by atoms with van der Waals surface area (Å²) >= 11 is 1.24. The summed E-state index contributed by atoms with van der Waals surface area (Å²) in [5, 5.41) is 48.2. The lowest BCUT2D eigenvalue weighted by molar-refractivity contribution is -0.378. The number of anilines is 2. The molecule has 0 radical (unpaired) electrons. The molecule has 0 aliphatic heterocycles. The Labute approximate surface area is 182 Å². The van der Waals surface area contributed by atoms with Gasteiger partial charge in [0, 0.05) is 23.2 Å². The summed E-state index contributed by atoms with van der Waals surface area (Å²) in [6.07, 6.45) is 0.497. The Hall–Kier alpha value is -2.86. The van der Waals surface area contributed by atoms with Crippen LogP contribution in [-0.2, 0) is 23.4 Å². The molecule has 0 spiro atoms. The highest BCUT2D eigenvalue weighted by Crippen LogP contribution is 2.28. The fraction of sp³-hybridized carbons (Fsp3) is 0.238. The molecule has 31 heavy (non-hydrogen) atoms. The molecule has 3 rings (SSSR count). The standard InChI is InChI=1S/C21H24N4O5S/c22-19-25-17(13-31-19)12-18(26)24-16-8-6-15(7-9-16)20(27,28)21(29,30)23-11-10-14-4-2-1-3-5-14/h1-9,13,23,27-30H,10-12H2,(H2,22,25)(H,24,26). The second kappa shape index (κ2) is 9.52. The van der Waals surface area contributed by atoms with Gasteiger partial charge in [-0.15, -0.1) is 11.3 Å². The highest BCUT2D eigenvalue weighted by atomic mass is 32.1. The largest absolute Gasteiger partial charge is 0.375 e. The minimum absolute atomic E-state index is 0.0428. The zero-order chi connectivity index (χ0) is 22.5. The first-order valence-electron chi connectivity index (χ1n) is 9.46. The number of hydrogen-bond donors (Lipinski definition) is 7. The minimum atomic E-state index is -3.00. The fourth-order valence-corrected chi connectivity index (χ4v) is 3.47. The van der Waals surface area contributed by atoms with Crippen molar-refractivity contribution in [2.75, 3.05) is 17.6 Å². The lowest BCUT2D eigenvalue weighted by Gasteiger charge is -2.35. The van der Waals surface area contributed by atoms with Gasteiger partial charge >= 0.3 is 0 Å². The number of nitrogens with two attached hydrogens (primary N) is 1. The average molecular weight is 445 g/mol. The average Bonchev–Trinajstić information content (AvgIpc) is 3.13. The number of nitrogens with one attached hydrogen (secondary N) is 2. The molecule has 164 valence electrons. The van der Waals surface area contributed by atoms with Crippen LogP contribution in [0, 0.1) is 0 Å². The first kappa shape index (κ1) is 22.8. The summed E-state index contributed by atoms with van der Waals surface area (Å²) in [6, 6.07) is 14.7. The van der Waals surface area contributed by atoms with E-state index in [1.807, 2.05) is 30.3 Å². The third-order valence-electron chi connectivity index (χ3n) is 4.60. The normalized spacial score (nSPS) is 12.0. The monoisotopic (exact) mass is 444 g/mol. The van der Waals surface area contributed by atoms with Crippen LogP contribution >= 0.6 is 11.3 Å². The molecule has 1 heterocycles. The van der Waals surface area contributed by atoms with Crippen molar-refractivity contribution in [2.45, 2.75) is 24.5 Å². The summed E-state index contributed by atoms with van der Waals surface area (Å²) in [5.74, 6) is -6.32. The minimum Gasteiger partial charge on any atom is -0.375 e. The summed E-state index contributed by atoms with van der Waals surface area (Å²) in [7, 11) is 0. The zero-order valence-electron chi connectivity index (χ0n) is 16.5. The number of aliphatic hydroxyl groups is 4. The number of thiazole rings is 1. The van der Waals surface area contributed by atoms with Gasteiger partial charge < -0.3 is 31.5 Å². The van der Waals surface area contributed by atoms with Gasteiger partial charge in [0.25, 0.3) is 11.7 Å². The first-order chi connectivity index (χ1) is 14.7. The molecular formula is C21H24N4O5S. The molecule has 0 aliphatic carbocycles. The maximum absolute atomic E-state index is 12.1. The van der Waals surface area contributed by atoms with E-state index in [9.17, 15) is 25.2 Å². The van der Waals surface area contributed by atoms with Crippen LogP contribution in [0.2, 0.25) is 0 Å². The van der Waals surface area contributed by atoms with E-state index < -0.39 is 11.7 Å². The third-order valence-corrected chi connectivity index (χ3v) is 5.32. The van der Waals surface area contributed by atoms with Gasteiger partial charge in [0.2, 0.25) is 5.91 Å². The number of carbonyl (C=O) groups is 1. The number of rotatable bonds is 9. The number of benzene rings is 2. The second-order valence-corrected chi connectivity index (χ2v) is 7.88. The molecule has 8 N–H and O–H groups in total. The van der Waals surface area contributed by atoms with Crippen LogP contribution in [0.15, 0.2) is 60.0 Å². The van der Waals surface area contributed by atoms with Gasteiger partial charge in [-0.05, 0) is 24.1 Å². The third kappa shape index (κ3) is 5.85. The van der Waals surface area contributed by atoms with E-state index >= 15 is 0 Å². The molecular weight excluding hydrogens is 420 g/mol. The Morgan fingerprint density at radius 3 is 2.32 bits per heavy atom. The van der Waals surface area contributed by atoms with Crippen molar-refractivity contribution in [1.82, 2.24) is 10.3 Å². The van der Waals surface area contributed by atoms with E-state index in [4.69, 9.17) is 5.73 Å². The van der Waals surface area contributed by atoms with E-state index in [2.05, 4.69) is 15.6 Å². The Morgan fingerprint density at radius 1 is 1.03 bits per heavy atom. The second-order valence-electron chi connectivity index (χ2n) is 6.99. The summed E-state index contributed by atoms with van der Waals surface area (Å²) in [5.41, 5.74) is 7.27. The molecule has 10 heteroatoms. The van der Waals surface area contributed by atoms with Crippen LogP contribution in [0.3, 0.4) is 0 Å². The molecule has 1 amide bonds. The van der Waals surface area contributed by atoms with Crippen LogP contribution in [0.4, 0.5) is 10.8 Å². The maximum Gasteiger partial charge on any atom is 0.284 e. The Morgan fingerprint density at radius 2 is 1.71 bits per heavy atom. The first-order valence-corrected chi connectivity index (χ1v) is 10.3. The molecule has 0 bridgehead atoms. The van der Waals surface area contributed by atoms with Gasteiger partial charge in [-0.2, -0.15) is 0 Å². The number of nitrogens with zero attached hydrogens (tertiary/aromatic N) is 1. The van der Waals surface area contributed by atoms with E-state index in [0.29, 0.717) is 22.9 Å². The zero-order valence-corrected chi connectivity index (χ0v) is 17.3. The number of carbonyl (C=O) groups excluding carboxylic acids is 1. The highest BCUT2D eigenvalue weighted by molar-refractivity contribution is 7.13. The van der Waals surface area contributed by atoms with Gasteiger partial charge in [-0.1, -0.05) is 42.5 Å². The smallest absolute Gasteiger partial charge is 0.284 e. The van der Waals surface area contributed by atoms with E-state index in [0.717, 1.165) is 5.56 Å². The van der Waals surface area contributed by atoms with Gasteiger partial charge in [-0.25, -0.2) is 4.98 Å². The van der Waals surface area contributed by atoms with Gasteiger partial charge in [0.05, 0.1) is 12.1 Å². The Balaban J connectivity index is 1.59. The number of amides is 1. The van der Waals surface area contributed by atoms with Crippen molar-refractivity contribution in [1.29, 1.82) is 0 Å². The Kier molecular flexibility index (Phi) is 7.01. The molecule has 3 aromatic rings. The maximum atomic E-state index is 12.1. The highest BCUT2D eigenvalue weighted by Gasteiger charge is 2.48. The van der Waals surface area contributed by atoms with E-state index in [1.54, 1.807) is 5.38 Å². The predicted molar refractivity (Wildman–Crippen MR) is 117 cm³/mol. The van der Waals surface area contributed by atoms with Crippen LogP contribution in [-0.4, -0.2) is 43.8 Å². The lowest BCUT2D eigenvalue weighted by atomic mass is 10.0. The van der Waals surface area contributed by atoms with E-state index in [1.165, 1.54) is 35.6 Å². The van der Waals surface area contributed by atoms with Crippen LogP contribution in [0.5, 0.6) is 0 Å².